The second kappa shape index (κ2) is 7.54. The number of anilines is 2. The third-order valence-electron chi connectivity index (χ3n) is 2.84. The zero-order valence-corrected chi connectivity index (χ0v) is 13.2. The van der Waals surface area contributed by atoms with Gasteiger partial charge in [0.15, 0.2) is 0 Å². The van der Waals surface area contributed by atoms with Crippen molar-refractivity contribution in [2.24, 2.45) is 0 Å². The fourth-order valence-corrected chi connectivity index (χ4v) is 2.20. The van der Waals surface area contributed by atoms with Crippen LogP contribution in [0.4, 0.5) is 11.4 Å². The van der Waals surface area contributed by atoms with E-state index in [9.17, 15) is 9.90 Å². The molecule has 7 heteroatoms. The number of halogens is 2. The van der Waals surface area contributed by atoms with Gasteiger partial charge in [-0.1, -0.05) is 41.4 Å². The van der Waals surface area contributed by atoms with Crippen molar-refractivity contribution in [3.8, 4) is 11.8 Å². The van der Waals surface area contributed by atoms with Crippen molar-refractivity contribution in [2.75, 3.05) is 10.6 Å². The second-order valence-corrected chi connectivity index (χ2v) is 5.20. The van der Waals surface area contributed by atoms with Gasteiger partial charge in [-0.2, -0.15) is 5.26 Å². The third kappa shape index (κ3) is 4.16. The molecule has 1 amide bonds. The van der Waals surface area contributed by atoms with Gasteiger partial charge < -0.3 is 15.7 Å². The number of rotatable bonds is 4. The van der Waals surface area contributed by atoms with E-state index in [1.807, 2.05) is 0 Å². The van der Waals surface area contributed by atoms with Crippen molar-refractivity contribution >= 4 is 40.5 Å². The first kappa shape index (κ1) is 16.7. The molecule has 0 saturated carbocycles. The summed E-state index contributed by atoms with van der Waals surface area (Å²) in [5, 5.41) is 24.6. The van der Waals surface area contributed by atoms with E-state index in [1.54, 1.807) is 36.4 Å². The highest BCUT2D eigenvalue weighted by Gasteiger charge is 2.12. The minimum Gasteiger partial charge on any atom is -0.506 e. The van der Waals surface area contributed by atoms with E-state index in [1.165, 1.54) is 18.3 Å². The van der Waals surface area contributed by atoms with E-state index in [0.29, 0.717) is 15.7 Å². The molecule has 2 aromatic carbocycles. The second-order valence-electron chi connectivity index (χ2n) is 4.38. The predicted octanol–water partition coefficient (Wildman–Crippen LogP) is 4.16. The largest absolute Gasteiger partial charge is 0.506 e. The smallest absolute Gasteiger partial charge is 0.267 e. The number of carbonyl (C=O) groups excluding carboxylic acids is 1. The maximum atomic E-state index is 12.1. The lowest BCUT2D eigenvalue weighted by Gasteiger charge is -2.08. The van der Waals surface area contributed by atoms with Gasteiger partial charge in [0.25, 0.3) is 5.91 Å². The molecule has 0 heterocycles. The topological polar surface area (TPSA) is 85.2 Å². The summed E-state index contributed by atoms with van der Waals surface area (Å²) in [6, 6.07) is 12.9. The summed E-state index contributed by atoms with van der Waals surface area (Å²) in [7, 11) is 0. The van der Waals surface area contributed by atoms with Gasteiger partial charge in [-0.25, -0.2) is 0 Å². The van der Waals surface area contributed by atoms with E-state index in [4.69, 9.17) is 28.5 Å². The first-order valence-electron chi connectivity index (χ1n) is 6.43. The Labute approximate surface area is 142 Å². The molecule has 2 rings (SSSR count). The maximum absolute atomic E-state index is 12.1. The molecule has 0 aliphatic carbocycles. The molecule has 0 aliphatic rings. The minimum absolute atomic E-state index is 0.0970. The number of benzene rings is 2. The summed E-state index contributed by atoms with van der Waals surface area (Å²) in [5.74, 6) is -0.773. The first-order chi connectivity index (χ1) is 11.0. The van der Waals surface area contributed by atoms with Gasteiger partial charge in [0.05, 0.1) is 21.4 Å². The third-order valence-corrected chi connectivity index (χ3v) is 3.47. The zero-order chi connectivity index (χ0) is 16.8. The highest BCUT2D eigenvalue weighted by Crippen LogP contribution is 2.30. The number of carbonyl (C=O) groups is 1. The summed E-state index contributed by atoms with van der Waals surface area (Å²) < 4.78 is 0. The molecule has 23 heavy (non-hydrogen) atoms. The number of phenolic OH excluding ortho intramolecular Hbond substituents is 1. The molecule has 0 atom stereocenters. The Bertz CT molecular complexity index is 793. The number of nitrogens with zero attached hydrogens (tertiary/aromatic N) is 1. The first-order valence-corrected chi connectivity index (χ1v) is 7.18. The van der Waals surface area contributed by atoms with E-state index < -0.39 is 5.91 Å². The molecule has 2 aromatic rings. The molecule has 3 N–H and O–H groups in total. The van der Waals surface area contributed by atoms with Crippen molar-refractivity contribution in [1.29, 1.82) is 5.26 Å². The number of para-hydroxylation sites is 3. The van der Waals surface area contributed by atoms with E-state index in [2.05, 4.69) is 10.6 Å². The van der Waals surface area contributed by atoms with Crippen LogP contribution in [0.15, 0.2) is 54.2 Å². The Balaban J connectivity index is 2.18. The monoisotopic (exact) mass is 347 g/mol. The average molecular weight is 348 g/mol. The van der Waals surface area contributed by atoms with Gasteiger partial charge in [-0.3, -0.25) is 4.79 Å². The minimum atomic E-state index is -0.676. The SMILES string of the molecule is N#C/C(=C/Nc1c(Cl)cccc1Cl)C(=O)Nc1ccccc1O. The Morgan fingerprint density at radius 1 is 1.13 bits per heavy atom. The molecule has 0 unspecified atom stereocenters. The van der Waals surface area contributed by atoms with Gasteiger partial charge in [-0.15, -0.1) is 0 Å². The summed E-state index contributed by atoms with van der Waals surface area (Å²) in [6.07, 6.45) is 1.20. The molecule has 0 saturated heterocycles. The van der Waals surface area contributed by atoms with E-state index >= 15 is 0 Å². The number of hydrogen-bond donors (Lipinski definition) is 3. The molecular weight excluding hydrogens is 337 g/mol. The molecule has 0 aliphatic heterocycles. The number of hydrogen-bond acceptors (Lipinski definition) is 4. The fourth-order valence-electron chi connectivity index (χ4n) is 1.70. The molecule has 0 spiro atoms. The van der Waals surface area contributed by atoms with Crippen LogP contribution in [0.1, 0.15) is 0 Å². The van der Waals surface area contributed by atoms with Crippen molar-refractivity contribution < 1.29 is 9.90 Å². The van der Waals surface area contributed by atoms with Crippen LogP contribution in [0, 0.1) is 11.3 Å². The summed E-state index contributed by atoms with van der Waals surface area (Å²) >= 11 is 12.0. The molecule has 116 valence electrons. The Kier molecular flexibility index (Phi) is 5.47. The van der Waals surface area contributed by atoms with Crippen molar-refractivity contribution in [1.82, 2.24) is 0 Å². The summed E-state index contributed by atoms with van der Waals surface area (Å²) in [5.41, 5.74) is 0.387. The van der Waals surface area contributed by atoms with Crippen LogP contribution in [0.3, 0.4) is 0 Å². The van der Waals surface area contributed by atoms with Gasteiger partial charge in [0.2, 0.25) is 0 Å². The van der Waals surface area contributed by atoms with Crippen LogP contribution < -0.4 is 10.6 Å². The van der Waals surface area contributed by atoms with Crippen LogP contribution >= 0.6 is 23.2 Å². The lowest BCUT2D eigenvalue weighted by molar-refractivity contribution is -0.112. The molecule has 0 radical (unpaired) electrons. The Morgan fingerprint density at radius 3 is 2.39 bits per heavy atom. The van der Waals surface area contributed by atoms with Crippen LogP contribution in [0.2, 0.25) is 10.0 Å². The lowest BCUT2D eigenvalue weighted by atomic mass is 10.2. The van der Waals surface area contributed by atoms with Crippen LogP contribution in [-0.4, -0.2) is 11.0 Å². The van der Waals surface area contributed by atoms with Crippen LogP contribution in [0.25, 0.3) is 0 Å². The van der Waals surface area contributed by atoms with Crippen molar-refractivity contribution in [3.05, 3.63) is 64.3 Å². The average Bonchev–Trinajstić information content (AvgIpc) is 2.52. The number of nitriles is 1. The highest BCUT2D eigenvalue weighted by molar-refractivity contribution is 6.39. The summed E-state index contributed by atoms with van der Waals surface area (Å²) in [6.45, 7) is 0. The van der Waals surface area contributed by atoms with Crippen LogP contribution in [0.5, 0.6) is 5.75 Å². The van der Waals surface area contributed by atoms with Gasteiger partial charge in [0.1, 0.15) is 17.4 Å². The molecule has 5 nitrogen and oxygen atoms in total. The number of nitrogens with one attached hydrogen (secondary N) is 2. The fraction of sp³-hybridized carbons (Fsp3) is 0. The van der Waals surface area contributed by atoms with E-state index in [-0.39, 0.29) is 17.0 Å². The molecule has 0 fully saturated rings. The highest BCUT2D eigenvalue weighted by atomic mass is 35.5. The van der Waals surface area contributed by atoms with E-state index in [0.717, 1.165) is 0 Å². The molecule has 0 bridgehead atoms. The van der Waals surface area contributed by atoms with Crippen molar-refractivity contribution in [3.63, 3.8) is 0 Å². The Hall–Kier alpha value is -2.68. The number of aromatic hydroxyl groups is 1. The lowest BCUT2D eigenvalue weighted by Crippen LogP contribution is -2.14. The standard InChI is InChI=1S/C16H11Cl2N3O2/c17-11-4-3-5-12(18)15(11)20-9-10(8-19)16(23)21-13-6-1-2-7-14(13)22/h1-7,9,20,22H,(H,21,23)/b10-9-. The zero-order valence-electron chi connectivity index (χ0n) is 11.7. The Morgan fingerprint density at radius 2 is 1.78 bits per heavy atom. The molecular formula is C16H11Cl2N3O2. The normalized spacial score (nSPS) is 10.7. The van der Waals surface area contributed by atoms with Gasteiger partial charge in [-0.05, 0) is 24.3 Å². The predicted molar refractivity (Wildman–Crippen MR) is 90.5 cm³/mol. The van der Waals surface area contributed by atoms with Crippen LogP contribution in [-0.2, 0) is 4.79 Å². The summed E-state index contributed by atoms with van der Waals surface area (Å²) in [4.78, 5) is 12.1. The van der Waals surface area contributed by atoms with Gasteiger partial charge >= 0.3 is 0 Å². The number of amides is 1. The number of phenols is 1. The van der Waals surface area contributed by atoms with Crippen molar-refractivity contribution in [2.45, 2.75) is 0 Å². The maximum Gasteiger partial charge on any atom is 0.267 e. The quantitative estimate of drug-likeness (QED) is 0.440. The van der Waals surface area contributed by atoms with Gasteiger partial charge in [0, 0.05) is 6.20 Å². The molecule has 0 aromatic heterocycles.